The summed E-state index contributed by atoms with van der Waals surface area (Å²) in [6.45, 7) is 0. The van der Waals surface area contributed by atoms with Crippen LogP contribution in [0.15, 0.2) is 36.5 Å². The average molecular weight is 218 g/mol. The third kappa shape index (κ3) is 1.92. The minimum atomic E-state index is -0.608. The van der Waals surface area contributed by atoms with Crippen LogP contribution in [0.2, 0.25) is 0 Å². The van der Waals surface area contributed by atoms with Gasteiger partial charge in [-0.3, -0.25) is 4.79 Å². The summed E-state index contributed by atoms with van der Waals surface area (Å²) in [6.07, 6.45) is 2.43. The molecule has 0 bridgehead atoms. The molecule has 2 N–H and O–H groups in total. The molecule has 1 atom stereocenters. The summed E-state index contributed by atoms with van der Waals surface area (Å²) in [4.78, 5) is 11.2. The molecular weight excluding hydrogens is 204 g/mol. The van der Waals surface area contributed by atoms with Gasteiger partial charge in [0.15, 0.2) is 0 Å². The number of esters is 1. The maximum absolute atomic E-state index is 11.2. The molecule has 2 rings (SSSR count). The van der Waals surface area contributed by atoms with Gasteiger partial charge < -0.3 is 14.9 Å². The zero-order valence-corrected chi connectivity index (χ0v) is 9.09. The lowest BCUT2D eigenvalue weighted by Gasteiger charge is -2.09. The van der Waals surface area contributed by atoms with Gasteiger partial charge in [0, 0.05) is 23.8 Å². The molecule has 1 unspecified atom stereocenters. The molecule has 0 amide bonds. The number of fused-ring (bicyclic) bond motifs is 1. The van der Waals surface area contributed by atoms with Gasteiger partial charge in [-0.25, -0.2) is 0 Å². The van der Waals surface area contributed by atoms with Gasteiger partial charge in [0.1, 0.15) is 6.04 Å². The number of nitrogens with zero attached hydrogens (tertiary/aromatic N) is 1. The Kier molecular flexibility index (Phi) is 2.92. The maximum atomic E-state index is 11.2. The standard InChI is InChI=1S/C12H14N2O2/c1-16-12(15)11(13)8-10-6-5-9-4-2-3-7-14(9)10/h2-7,11H,8,13H2,1H3. The first-order valence-corrected chi connectivity index (χ1v) is 5.11. The van der Waals surface area contributed by atoms with Gasteiger partial charge >= 0.3 is 5.97 Å². The zero-order chi connectivity index (χ0) is 11.5. The number of pyridine rings is 1. The normalized spacial score (nSPS) is 12.6. The molecule has 0 aliphatic carbocycles. The molecule has 0 aromatic carbocycles. The highest BCUT2D eigenvalue weighted by Crippen LogP contribution is 2.11. The molecule has 0 saturated carbocycles. The molecule has 0 aliphatic heterocycles. The molecular formula is C12H14N2O2. The Morgan fingerprint density at radius 3 is 3.00 bits per heavy atom. The van der Waals surface area contributed by atoms with E-state index >= 15 is 0 Å². The van der Waals surface area contributed by atoms with Gasteiger partial charge in [-0.2, -0.15) is 0 Å². The van der Waals surface area contributed by atoms with Crippen LogP contribution in [0.5, 0.6) is 0 Å². The fourth-order valence-corrected chi connectivity index (χ4v) is 1.74. The lowest BCUT2D eigenvalue weighted by Crippen LogP contribution is -2.34. The van der Waals surface area contributed by atoms with Gasteiger partial charge in [0.05, 0.1) is 7.11 Å². The van der Waals surface area contributed by atoms with E-state index in [9.17, 15) is 4.79 Å². The average Bonchev–Trinajstić information content (AvgIpc) is 2.72. The molecule has 2 aromatic heterocycles. The van der Waals surface area contributed by atoms with E-state index in [1.165, 1.54) is 7.11 Å². The number of hydrogen-bond acceptors (Lipinski definition) is 3. The molecule has 2 aromatic rings. The first-order chi connectivity index (χ1) is 7.72. The van der Waals surface area contributed by atoms with Crippen molar-refractivity contribution in [1.82, 2.24) is 4.40 Å². The first kappa shape index (κ1) is 10.7. The lowest BCUT2D eigenvalue weighted by molar-refractivity contribution is -0.142. The number of carbonyl (C=O) groups excluding carboxylic acids is 1. The Morgan fingerprint density at radius 2 is 2.25 bits per heavy atom. The second-order valence-corrected chi connectivity index (χ2v) is 3.65. The Bertz CT molecular complexity index is 504. The Hall–Kier alpha value is -1.81. The maximum Gasteiger partial charge on any atom is 0.323 e. The lowest BCUT2D eigenvalue weighted by atomic mass is 10.2. The van der Waals surface area contributed by atoms with Gasteiger partial charge in [0.25, 0.3) is 0 Å². The number of carbonyl (C=O) groups is 1. The van der Waals surface area contributed by atoms with Crippen LogP contribution in [0, 0.1) is 0 Å². The highest BCUT2D eigenvalue weighted by atomic mass is 16.5. The molecule has 0 saturated heterocycles. The van der Waals surface area contributed by atoms with Crippen LogP contribution in [0.3, 0.4) is 0 Å². The van der Waals surface area contributed by atoms with E-state index in [0.717, 1.165) is 11.2 Å². The fraction of sp³-hybridized carbons (Fsp3) is 0.250. The van der Waals surface area contributed by atoms with Crippen molar-refractivity contribution in [3.8, 4) is 0 Å². The summed E-state index contributed by atoms with van der Waals surface area (Å²) in [6, 6.07) is 9.28. The molecule has 0 radical (unpaired) electrons. The Balaban J connectivity index is 2.24. The molecule has 2 heterocycles. The van der Waals surface area contributed by atoms with E-state index in [4.69, 9.17) is 5.73 Å². The molecule has 4 heteroatoms. The highest BCUT2D eigenvalue weighted by Gasteiger charge is 2.15. The number of rotatable bonds is 3. The Morgan fingerprint density at radius 1 is 1.44 bits per heavy atom. The van der Waals surface area contributed by atoms with Crippen molar-refractivity contribution in [2.24, 2.45) is 5.73 Å². The first-order valence-electron chi connectivity index (χ1n) is 5.11. The zero-order valence-electron chi connectivity index (χ0n) is 9.09. The molecule has 4 nitrogen and oxygen atoms in total. The second kappa shape index (κ2) is 4.37. The van der Waals surface area contributed by atoms with E-state index < -0.39 is 6.04 Å². The van der Waals surface area contributed by atoms with Crippen molar-refractivity contribution in [2.75, 3.05) is 7.11 Å². The largest absolute Gasteiger partial charge is 0.468 e. The van der Waals surface area contributed by atoms with E-state index in [0.29, 0.717) is 6.42 Å². The van der Waals surface area contributed by atoms with Crippen molar-refractivity contribution >= 4 is 11.5 Å². The topological polar surface area (TPSA) is 56.7 Å². The molecule has 16 heavy (non-hydrogen) atoms. The summed E-state index contributed by atoms with van der Waals surface area (Å²) in [5.41, 5.74) is 7.82. The van der Waals surface area contributed by atoms with Crippen molar-refractivity contribution in [3.63, 3.8) is 0 Å². The monoisotopic (exact) mass is 218 g/mol. The van der Waals surface area contributed by atoms with E-state index in [-0.39, 0.29) is 5.97 Å². The van der Waals surface area contributed by atoms with Crippen LogP contribution < -0.4 is 5.73 Å². The van der Waals surface area contributed by atoms with Crippen molar-refractivity contribution in [1.29, 1.82) is 0 Å². The number of aromatic nitrogens is 1. The second-order valence-electron chi connectivity index (χ2n) is 3.65. The summed E-state index contributed by atoms with van der Waals surface area (Å²) in [5, 5.41) is 0. The van der Waals surface area contributed by atoms with E-state index in [2.05, 4.69) is 4.74 Å². The number of methoxy groups -OCH3 is 1. The van der Waals surface area contributed by atoms with Crippen LogP contribution in [0.25, 0.3) is 5.52 Å². The minimum Gasteiger partial charge on any atom is -0.468 e. The number of hydrogen-bond donors (Lipinski definition) is 1. The van der Waals surface area contributed by atoms with Gasteiger partial charge in [-0.15, -0.1) is 0 Å². The van der Waals surface area contributed by atoms with Gasteiger partial charge in [0.2, 0.25) is 0 Å². The van der Waals surface area contributed by atoms with Crippen molar-refractivity contribution in [3.05, 3.63) is 42.2 Å². The van der Waals surface area contributed by atoms with Gasteiger partial charge in [-0.1, -0.05) is 6.07 Å². The quantitative estimate of drug-likeness (QED) is 0.781. The van der Waals surface area contributed by atoms with Crippen LogP contribution in [-0.4, -0.2) is 23.5 Å². The number of nitrogens with two attached hydrogens (primary N) is 1. The molecule has 0 aliphatic rings. The molecule has 0 fully saturated rings. The van der Waals surface area contributed by atoms with Crippen LogP contribution >= 0.6 is 0 Å². The third-order valence-corrected chi connectivity index (χ3v) is 2.58. The predicted octanol–water partition coefficient (Wildman–Crippen LogP) is 0.982. The minimum absolute atomic E-state index is 0.383. The predicted molar refractivity (Wildman–Crippen MR) is 61.1 cm³/mol. The summed E-state index contributed by atoms with van der Waals surface area (Å²) >= 11 is 0. The molecule has 0 spiro atoms. The molecule has 84 valence electrons. The highest BCUT2D eigenvalue weighted by molar-refractivity contribution is 5.75. The van der Waals surface area contributed by atoms with Gasteiger partial charge in [-0.05, 0) is 24.3 Å². The van der Waals surface area contributed by atoms with E-state index in [1.54, 1.807) is 0 Å². The van der Waals surface area contributed by atoms with Crippen molar-refractivity contribution in [2.45, 2.75) is 12.5 Å². The van der Waals surface area contributed by atoms with E-state index in [1.807, 2.05) is 40.9 Å². The summed E-state index contributed by atoms with van der Waals surface area (Å²) in [5.74, 6) is -0.383. The smallest absolute Gasteiger partial charge is 0.323 e. The number of ether oxygens (including phenoxy) is 1. The third-order valence-electron chi connectivity index (χ3n) is 2.58. The van der Waals surface area contributed by atoms with Crippen LogP contribution in [0.4, 0.5) is 0 Å². The van der Waals surface area contributed by atoms with Crippen LogP contribution in [0.1, 0.15) is 5.69 Å². The SMILES string of the molecule is COC(=O)C(N)Cc1ccc2ccccn12. The van der Waals surface area contributed by atoms with Crippen molar-refractivity contribution < 1.29 is 9.53 Å². The summed E-state index contributed by atoms with van der Waals surface area (Å²) in [7, 11) is 1.35. The summed E-state index contributed by atoms with van der Waals surface area (Å²) < 4.78 is 6.62. The fourth-order valence-electron chi connectivity index (χ4n) is 1.74. The Labute approximate surface area is 93.6 Å². The van der Waals surface area contributed by atoms with Crippen LogP contribution in [-0.2, 0) is 16.0 Å².